The van der Waals surface area contributed by atoms with Crippen molar-refractivity contribution in [2.75, 3.05) is 7.05 Å². The Morgan fingerprint density at radius 1 is 1.07 bits per heavy atom. The van der Waals surface area contributed by atoms with Crippen molar-refractivity contribution in [3.63, 3.8) is 0 Å². The van der Waals surface area contributed by atoms with Gasteiger partial charge in [-0.3, -0.25) is 24.6 Å². The molecule has 0 fully saturated rings. The molecule has 0 radical (unpaired) electrons. The molecule has 28 heavy (non-hydrogen) atoms. The van der Waals surface area contributed by atoms with Gasteiger partial charge in [0.1, 0.15) is 6.04 Å². The van der Waals surface area contributed by atoms with E-state index in [9.17, 15) is 24.0 Å². The first-order chi connectivity index (χ1) is 13.2. The largest absolute Gasteiger partial charge is 0.451 e. The SMILES string of the molecule is CC[C@H](C)[C@@H](C(=O)O[C@@H](C)C(=O)NC(=O)NC)N1C(=O)c2ccccc2C1=O. The molecule has 9 heteroatoms. The van der Waals surface area contributed by atoms with Crippen LogP contribution in [-0.2, 0) is 14.3 Å². The molecule has 0 unspecified atom stereocenters. The monoisotopic (exact) mass is 389 g/mol. The van der Waals surface area contributed by atoms with Crippen molar-refractivity contribution in [2.24, 2.45) is 5.92 Å². The summed E-state index contributed by atoms with van der Waals surface area (Å²) in [5.74, 6) is -3.26. The molecule has 3 atom stereocenters. The minimum atomic E-state index is -1.29. The van der Waals surface area contributed by atoms with Gasteiger partial charge in [-0.05, 0) is 25.0 Å². The number of benzene rings is 1. The number of hydrogen-bond acceptors (Lipinski definition) is 6. The number of rotatable bonds is 6. The molecule has 1 aromatic carbocycles. The Labute approximate surface area is 162 Å². The second-order valence-corrected chi connectivity index (χ2v) is 6.50. The zero-order valence-electron chi connectivity index (χ0n) is 16.1. The fourth-order valence-electron chi connectivity index (χ4n) is 2.85. The van der Waals surface area contributed by atoms with E-state index in [0.717, 1.165) is 4.90 Å². The van der Waals surface area contributed by atoms with E-state index in [0.29, 0.717) is 6.42 Å². The first kappa shape index (κ1) is 21.1. The van der Waals surface area contributed by atoms with E-state index in [-0.39, 0.29) is 11.1 Å². The Kier molecular flexibility index (Phi) is 6.50. The molecule has 0 saturated carbocycles. The highest BCUT2D eigenvalue weighted by Crippen LogP contribution is 2.28. The second-order valence-electron chi connectivity index (χ2n) is 6.50. The highest BCUT2D eigenvalue weighted by atomic mass is 16.5. The molecular formula is C19H23N3O6. The fraction of sp³-hybridized carbons (Fsp3) is 0.421. The van der Waals surface area contributed by atoms with Gasteiger partial charge < -0.3 is 10.1 Å². The molecule has 0 aliphatic carbocycles. The van der Waals surface area contributed by atoms with E-state index < -0.39 is 47.8 Å². The van der Waals surface area contributed by atoms with Gasteiger partial charge in [0.15, 0.2) is 6.10 Å². The predicted molar refractivity (Wildman–Crippen MR) is 98.3 cm³/mol. The Bertz CT molecular complexity index is 787. The highest BCUT2D eigenvalue weighted by Gasteiger charge is 2.45. The lowest BCUT2D eigenvalue weighted by Crippen LogP contribution is -2.51. The zero-order chi connectivity index (χ0) is 21.0. The summed E-state index contributed by atoms with van der Waals surface area (Å²) in [7, 11) is 1.33. The van der Waals surface area contributed by atoms with E-state index in [2.05, 4.69) is 5.32 Å². The van der Waals surface area contributed by atoms with Crippen LogP contribution in [0.1, 0.15) is 47.9 Å². The van der Waals surface area contributed by atoms with Crippen LogP contribution in [-0.4, -0.2) is 53.8 Å². The fourth-order valence-corrected chi connectivity index (χ4v) is 2.85. The van der Waals surface area contributed by atoms with Gasteiger partial charge in [-0.2, -0.15) is 0 Å². The summed E-state index contributed by atoms with van der Waals surface area (Å²) in [5, 5.41) is 4.22. The number of ether oxygens (including phenoxy) is 1. The summed E-state index contributed by atoms with van der Waals surface area (Å²) in [6.07, 6.45) is -0.794. The number of nitrogens with zero attached hydrogens (tertiary/aromatic N) is 1. The van der Waals surface area contributed by atoms with Crippen molar-refractivity contribution in [1.29, 1.82) is 0 Å². The number of urea groups is 1. The maximum atomic E-state index is 12.8. The van der Waals surface area contributed by atoms with Crippen LogP contribution in [0.4, 0.5) is 4.79 Å². The number of carbonyl (C=O) groups excluding carboxylic acids is 5. The third-order valence-electron chi connectivity index (χ3n) is 4.65. The maximum Gasteiger partial charge on any atom is 0.330 e. The lowest BCUT2D eigenvalue weighted by atomic mass is 9.97. The molecule has 2 rings (SSSR count). The second kappa shape index (κ2) is 8.64. The van der Waals surface area contributed by atoms with Gasteiger partial charge in [-0.1, -0.05) is 32.4 Å². The van der Waals surface area contributed by atoms with Crippen molar-refractivity contribution in [1.82, 2.24) is 15.5 Å². The van der Waals surface area contributed by atoms with Crippen LogP contribution in [0.2, 0.25) is 0 Å². The number of esters is 1. The molecule has 1 aromatic rings. The van der Waals surface area contributed by atoms with Crippen LogP contribution < -0.4 is 10.6 Å². The van der Waals surface area contributed by atoms with E-state index in [1.54, 1.807) is 19.1 Å². The summed E-state index contributed by atoms with van der Waals surface area (Å²) in [6, 6.07) is 4.38. The predicted octanol–water partition coefficient (Wildman–Crippen LogP) is 1.08. The Hall–Kier alpha value is -3.23. The molecule has 1 aliphatic rings. The van der Waals surface area contributed by atoms with E-state index in [1.807, 2.05) is 12.2 Å². The van der Waals surface area contributed by atoms with Crippen LogP contribution in [0.5, 0.6) is 0 Å². The lowest BCUT2D eigenvalue weighted by molar-refractivity contribution is -0.159. The van der Waals surface area contributed by atoms with Gasteiger partial charge in [-0.15, -0.1) is 0 Å². The number of amides is 5. The molecule has 0 saturated heterocycles. The van der Waals surface area contributed by atoms with Crippen molar-refractivity contribution in [3.8, 4) is 0 Å². The average Bonchev–Trinajstić information content (AvgIpc) is 2.93. The molecule has 1 heterocycles. The number of nitrogens with one attached hydrogen (secondary N) is 2. The van der Waals surface area contributed by atoms with E-state index in [1.165, 1.54) is 26.1 Å². The number of fused-ring (bicyclic) bond motifs is 1. The lowest BCUT2D eigenvalue weighted by Gasteiger charge is -2.29. The zero-order valence-corrected chi connectivity index (χ0v) is 16.1. The first-order valence-electron chi connectivity index (χ1n) is 8.92. The quantitative estimate of drug-likeness (QED) is 0.555. The molecule has 2 N–H and O–H groups in total. The summed E-state index contributed by atoms with van der Waals surface area (Å²) in [6.45, 7) is 4.82. The van der Waals surface area contributed by atoms with Gasteiger partial charge in [0.05, 0.1) is 11.1 Å². The smallest absolute Gasteiger partial charge is 0.330 e. The van der Waals surface area contributed by atoms with Crippen molar-refractivity contribution >= 4 is 29.7 Å². The third kappa shape index (κ3) is 4.03. The van der Waals surface area contributed by atoms with Gasteiger partial charge in [0, 0.05) is 7.05 Å². The highest BCUT2D eigenvalue weighted by molar-refractivity contribution is 6.22. The van der Waals surface area contributed by atoms with Crippen LogP contribution >= 0.6 is 0 Å². The van der Waals surface area contributed by atoms with Gasteiger partial charge >= 0.3 is 12.0 Å². The topological polar surface area (TPSA) is 122 Å². The molecule has 9 nitrogen and oxygen atoms in total. The minimum absolute atomic E-state index is 0.221. The van der Waals surface area contributed by atoms with E-state index in [4.69, 9.17) is 4.74 Å². The third-order valence-corrected chi connectivity index (χ3v) is 4.65. The Morgan fingerprint density at radius 3 is 2.07 bits per heavy atom. The molecule has 0 aromatic heterocycles. The minimum Gasteiger partial charge on any atom is -0.451 e. The Morgan fingerprint density at radius 2 is 1.61 bits per heavy atom. The standard InChI is InChI=1S/C19H23N3O6/c1-5-10(2)14(18(26)28-11(3)15(23)21-19(27)20-4)22-16(24)12-8-6-7-9-13(12)17(22)25/h6-11,14H,5H2,1-4H3,(H2,20,21,23,27)/t10-,11-,14-/m0/s1. The molecular weight excluding hydrogens is 366 g/mol. The molecule has 0 bridgehead atoms. The van der Waals surface area contributed by atoms with Crippen molar-refractivity contribution in [3.05, 3.63) is 35.4 Å². The summed E-state index contributed by atoms with van der Waals surface area (Å²) < 4.78 is 5.17. The van der Waals surface area contributed by atoms with E-state index >= 15 is 0 Å². The normalized spacial score (nSPS) is 16.1. The molecule has 0 spiro atoms. The summed E-state index contributed by atoms with van der Waals surface area (Å²) in [4.78, 5) is 62.4. The molecule has 150 valence electrons. The molecule has 5 amide bonds. The van der Waals surface area contributed by atoms with Crippen LogP contribution in [0.15, 0.2) is 24.3 Å². The van der Waals surface area contributed by atoms with Crippen molar-refractivity contribution < 1.29 is 28.7 Å². The first-order valence-corrected chi connectivity index (χ1v) is 8.92. The van der Waals surface area contributed by atoms with Crippen LogP contribution in [0.25, 0.3) is 0 Å². The number of hydrogen-bond donors (Lipinski definition) is 2. The molecule has 1 aliphatic heterocycles. The summed E-state index contributed by atoms with van der Waals surface area (Å²) >= 11 is 0. The Balaban J connectivity index is 2.24. The average molecular weight is 389 g/mol. The van der Waals surface area contributed by atoms with Crippen LogP contribution in [0, 0.1) is 5.92 Å². The van der Waals surface area contributed by atoms with Gasteiger partial charge in [-0.25, -0.2) is 9.59 Å². The number of carbonyl (C=O) groups is 5. The summed E-state index contributed by atoms with van der Waals surface area (Å²) in [5.41, 5.74) is 0.443. The van der Waals surface area contributed by atoms with Crippen LogP contribution in [0.3, 0.4) is 0 Å². The number of imide groups is 2. The van der Waals surface area contributed by atoms with Gasteiger partial charge in [0.25, 0.3) is 17.7 Å². The van der Waals surface area contributed by atoms with Crippen molar-refractivity contribution in [2.45, 2.75) is 39.3 Å². The maximum absolute atomic E-state index is 12.8. The van der Waals surface area contributed by atoms with Gasteiger partial charge in [0.2, 0.25) is 0 Å².